The van der Waals surface area contributed by atoms with Crippen LogP contribution in [0.5, 0.6) is 0 Å². The SMILES string of the molecule is Cc1cc(C)c(C)c(-c2c3ccc(-c4ccc5c(c4)C4c6ccccc6C5c5cc6c(cc54)=CCC=6)cc3cc[n+]2C)c1.Cc1cc(C)c(C)c(-c2ccc3c(-c4ccc5c(c4)C4c6ccccc6C5c5cc6c(cc54)=CCC=6)cccc3[n+]2C)c1.Cc1ccc2c(oc3ncccc32)c1-c1cc(-c2ccc3c(c2)C2c4ccccc4C3c3cc4c(cc32)=CCC=4)cc[n+]1C. The van der Waals surface area contributed by atoms with Gasteiger partial charge in [0.15, 0.2) is 18.0 Å². The van der Waals surface area contributed by atoms with Gasteiger partial charge in [-0.3, -0.25) is 0 Å². The second-order valence-electron chi connectivity index (χ2n) is 38.4. The minimum Gasteiger partial charge on any atom is -0.437 e. The molecule has 0 saturated carbocycles. The highest BCUT2D eigenvalue weighted by atomic mass is 16.3. The summed E-state index contributed by atoms with van der Waals surface area (Å²) >= 11 is 0. The van der Waals surface area contributed by atoms with E-state index >= 15 is 0 Å². The highest BCUT2D eigenvalue weighted by molar-refractivity contribution is 6.09. The summed E-state index contributed by atoms with van der Waals surface area (Å²) in [5.41, 5.74) is 53.6. The van der Waals surface area contributed by atoms with Crippen molar-refractivity contribution in [1.29, 1.82) is 0 Å². The van der Waals surface area contributed by atoms with E-state index in [1.54, 1.807) is 6.20 Å². The number of aromatic nitrogens is 4. The van der Waals surface area contributed by atoms with Gasteiger partial charge in [0, 0.05) is 88.4 Å². The Morgan fingerprint density at radius 2 is 0.700 bits per heavy atom. The van der Waals surface area contributed by atoms with Crippen LogP contribution in [0.25, 0.3) is 147 Å². The molecule has 6 bridgehead atoms. The average molecular weight is 1670 g/mol. The molecule has 130 heavy (non-hydrogen) atoms. The first-order chi connectivity index (χ1) is 63.6. The highest BCUT2D eigenvalue weighted by Crippen LogP contribution is 2.60. The molecular formula is C125H97N4O+3. The topological polar surface area (TPSA) is 37.7 Å². The second-order valence-corrected chi connectivity index (χ2v) is 38.4. The van der Waals surface area contributed by atoms with Gasteiger partial charge in [0.2, 0.25) is 28.3 Å². The third-order valence-corrected chi connectivity index (χ3v) is 31.3. The van der Waals surface area contributed by atoms with Gasteiger partial charge in [-0.05, 0) is 326 Å². The molecule has 620 valence electrons. The van der Waals surface area contributed by atoms with E-state index in [0.717, 1.165) is 46.9 Å². The lowest BCUT2D eigenvalue weighted by molar-refractivity contribution is -0.660. The smallest absolute Gasteiger partial charge is 0.227 e. The first-order valence-electron chi connectivity index (χ1n) is 46.6. The quantitative estimate of drug-likeness (QED) is 0.156. The first-order valence-corrected chi connectivity index (χ1v) is 46.6. The van der Waals surface area contributed by atoms with Crippen LogP contribution in [0.3, 0.4) is 0 Å². The van der Waals surface area contributed by atoms with Crippen LogP contribution in [-0.2, 0) is 21.1 Å². The molecule has 0 spiro atoms. The van der Waals surface area contributed by atoms with Gasteiger partial charge in [-0.15, -0.1) is 0 Å². The van der Waals surface area contributed by atoms with Gasteiger partial charge in [-0.1, -0.05) is 236 Å². The van der Waals surface area contributed by atoms with Crippen LogP contribution in [0.2, 0.25) is 0 Å². The Morgan fingerprint density at radius 3 is 1.22 bits per heavy atom. The molecule has 5 nitrogen and oxygen atoms in total. The number of pyridine rings is 4. The molecule has 6 unspecified atom stereocenters. The number of hydrogen-bond donors (Lipinski definition) is 0. The Hall–Kier alpha value is -14.8. The van der Waals surface area contributed by atoms with E-state index in [1.807, 2.05) is 6.07 Å². The zero-order chi connectivity index (χ0) is 87.1. The summed E-state index contributed by atoms with van der Waals surface area (Å²) in [6.07, 6.45) is 23.5. The maximum atomic E-state index is 6.40. The summed E-state index contributed by atoms with van der Waals surface area (Å²) in [6, 6.07) is 107. The molecule has 0 N–H and O–H groups in total. The largest absolute Gasteiger partial charge is 0.437 e. The molecule has 0 amide bonds. The van der Waals surface area contributed by atoms with Gasteiger partial charge < -0.3 is 4.42 Å². The summed E-state index contributed by atoms with van der Waals surface area (Å²) in [7, 11) is 6.50. The number of aryl methyl sites for hydroxylation is 8. The zero-order valence-corrected chi connectivity index (χ0v) is 75.0. The van der Waals surface area contributed by atoms with E-state index in [-0.39, 0.29) is 23.7 Å². The standard InChI is InChI=1S/2C42H34N.C41H29N2O/c1-24-19-25(2)26(3)35(20-24)40-18-17-31-30(13-8-14-39(31)43(40)4)29-15-16-34-36(23-29)42-33-12-6-5-11-32(33)41(34)37-21-27-9-7-10-28(27)22-38(37)42;1-24-18-25(2)26(3)36(19-24)42-32-14-12-29(20-31(32)16-17-43(42)4)30-13-15-35-37(23-30)41-34-11-6-5-10-33(34)40(35)38-21-27-8-7-9-28(27)22-39(38)41;1-23-12-14-31-32-11-6-17-42-41(32)44-40(31)37(23)36-22-27(16-18-43(36)2)26-13-15-30-33(21-26)39-29-10-4-3-9-28(29)38(30)34-19-24-7-5-8-25(24)20-35(34)39/h5-6,8-23,41-42H,7H2,1-4H3;5-6,8-23,40-41H,7H2,1-4H3;3-4,6-22,38-39H,5H2,1-2H3/q3*+1. The Balaban J connectivity index is 0.000000103. The minimum atomic E-state index is 0.249. The molecule has 0 saturated heterocycles. The number of fused-ring (bicyclic) bond motifs is 8. The van der Waals surface area contributed by atoms with Crippen LogP contribution in [0.4, 0.5) is 0 Å². The van der Waals surface area contributed by atoms with Crippen LogP contribution < -0.4 is 45.0 Å². The maximum Gasteiger partial charge on any atom is 0.227 e. The van der Waals surface area contributed by atoms with Gasteiger partial charge >= 0.3 is 0 Å². The van der Waals surface area contributed by atoms with E-state index < -0.39 is 0 Å². The van der Waals surface area contributed by atoms with E-state index in [2.05, 4.69) is 410 Å². The van der Waals surface area contributed by atoms with Crippen LogP contribution in [0.1, 0.15) is 194 Å². The first kappa shape index (κ1) is 76.5. The molecular weight excluding hydrogens is 1570 g/mol. The Kier molecular flexibility index (Phi) is 17.0. The molecule has 5 heteroatoms. The average Bonchev–Trinajstić information content (AvgIpc) is 0.900. The lowest BCUT2D eigenvalue weighted by Crippen LogP contribution is -2.33. The molecule has 0 fully saturated rings. The molecule has 14 aromatic carbocycles. The van der Waals surface area contributed by atoms with Crippen molar-refractivity contribution < 1.29 is 18.1 Å². The molecule has 19 aromatic rings. The summed E-state index contributed by atoms with van der Waals surface area (Å²) in [5, 5.41) is 14.4. The molecule has 0 aliphatic heterocycles. The predicted molar refractivity (Wildman–Crippen MR) is 531 cm³/mol. The van der Waals surface area contributed by atoms with Crippen molar-refractivity contribution in [3.63, 3.8) is 0 Å². The van der Waals surface area contributed by atoms with Crippen molar-refractivity contribution in [2.24, 2.45) is 21.1 Å². The molecule has 12 aliphatic rings. The minimum absolute atomic E-state index is 0.249. The van der Waals surface area contributed by atoms with Gasteiger partial charge in [0.1, 0.15) is 21.1 Å². The lowest BCUT2D eigenvalue weighted by Gasteiger charge is -2.42. The summed E-state index contributed by atoms with van der Waals surface area (Å²) in [6.45, 7) is 15.5. The van der Waals surface area contributed by atoms with Crippen LogP contribution >= 0.6 is 0 Å². The van der Waals surface area contributed by atoms with Crippen molar-refractivity contribution in [1.82, 2.24) is 4.98 Å². The van der Waals surface area contributed by atoms with Crippen molar-refractivity contribution in [2.75, 3.05) is 0 Å². The Bertz CT molecular complexity index is 8770. The maximum absolute atomic E-state index is 6.40. The number of rotatable bonds is 6. The van der Waals surface area contributed by atoms with Crippen LogP contribution in [-0.4, -0.2) is 4.98 Å². The summed E-state index contributed by atoms with van der Waals surface area (Å²) in [5.74, 6) is 1.69. The normalized spacial score (nSPS) is 17.1. The molecule has 31 rings (SSSR count). The van der Waals surface area contributed by atoms with Gasteiger partial charge in [0.25, 0.3) is 0 Å². The fourth-order valence-corrected chi connectivity index (χ4v) is 24.9. The molecule has 5 aromatic heterocycles. The fraction of sp³-hybridized carbons (Fsp3) is 0.152. The molecule has 5 heterocycles. The summed E-state index contributed by atoms with van der Waals surface area (Å²) in [4.78, 5) is 4.50. The Morgan fingerprint density at radius 1 is 0.285 bits per heavy atom. The van der Waals surface area contributed by atoms with E-state index in [9.17, 15) is 0 Å². The number of hydrogen-bond acceptors (Lipinski definition) is 2. The zero-order valence-electron chi connectivity index (χ0n) is 75.0. The molecule has 12 aliphatic carbocycles. The second kappa shape index (κ2) is 28.9. The molecule has 0 radical (unpaired) electrons. The lowest BCUT2D eigenvalue weighted by atomic mass is 9.60. The number of nitrogens with zero attached hydrogens (tertiary/aromatic N) is 4. The molecule has 6 atom stereocenters. The van der Waals surface area contributed by atoms with Crippen molar-refractivity contribution in [3.8, 4) is 67.2 Å². The van der Waals surface area contributed by atoms with Crippen molar-refractivity contribution >= 4 is 80.2 Å². The monoisotopic (exact) mass is 1670 g/mol. The van der Waals surface area contributed by atoms with Crippen molar-refractivity contribution in [3.05, 3.63) is 468 Å². The van der Waals surface area contributed by atoms with Gasteiger partial charge in [-0.2, -0.15) is 4.57 Å². The van der Waals surface area contributed by atoms with Gasteiger partial charge in [0.05, 0.1) is 21.9 Å². The van der Waals surface area contributed by atoms with E-state index in [0.29, 0.717) is 17.5 Å². The van der Waals surface area contributed by atoms with Gasteiger partial charge in [-0.25, -0.2) is 14.1 Å². The van der Waals surface area contributed by atoms with Crippen molar-refractivity contribution in [2.45, 2.75) is 103 Å². The third-order valence-electron chi connectivity index (χ3n) is 31.3. The number of benzene rings is 14. The van der Waals surface area contributed by atoms with Crippen LogP contribution in [0, 0.1) is 48.5 Å². The van der Waals surface area contributed by atoms with E-state index in [1.165, 1.54) is 248 Å². The highest BCUT2D eigenvalue weighted by Gasteiger charge is 2.46. The number of furan rings is 1. The predicted octanol–water partition coefficient (Wildman–Crippen LogP) is 23.2. The van der Waals surface area contributed by atoms with E-state index in [4.69, 9.17) is 4.42 Å². The van der Waals surface area contributed by atoms with Crippen LogP contribution in [0.15, 0.2) is 302 Å². The fourth-order valence-electron chi connectivity index (χ4n) is 24.9. The third kappa shape index (κ3) is 11.4. The summed E-state index contributed by atoms with van der Waals surface area (Å²) < 4.78 is 13.3. The Labute approximate surface area is 757 Å².